The molecule has 112 valence electrons. The zero-order chi connectivity index (χ0) is 15.1. The van der Waals surface area contributed by atoms with Gasteiger partial charge in [0.15, 0.2) is 11.5 Å². The molecule has 2 aromatic carbocycles. The summed E-state index contributed by atoms with van der Waals surface area (Å²) in [6.07, 6.45) is 0. The third kappa shape index (κ3) is 4.60. The second-order valence-corrected chi connectivity index (χ2v) is 5.76. The smallest absolute Gasteiger partial charge is 0.161 e. The molecule has 2 rings (SSSR count). The van der Waals surface area contributed by atoms with Crippen molar-refractivity contribution in [2.75, 3.05) is 24.7 Å². The number of benzene rings is 2. The Hall–Kier alpha value is -1.81. The largest absolute Gasteiger partial charge is 0.490 e. The van der Waals surface area contributed by atoms with Gasteiger partial charge in [-0.2, -0.15) is 0 Å². The van der Waals surface area contributed by atoms with Crippen LogP contribution in [0, 0.1) is 6.92 Å². The lowest BCUT2D eigenvalue weighted by Crippen LogP contribution is -2.02. The molecule has 2 aromatic rings. The van der Waals surface area contributed by atoms with E-state index in [4.69, 9.17) is 15.2 Å². The Kier molecular flexibility index (Phi) is 5.81. The summed E-state index contributed by atoms with van der Waals surface area (Å²) in [5.41, 5.74) is 7.76. The summed E-state index contributed by atoms with van der Waals surface area (Å²) in [6.45, 7) is 5.27. The molecule has 0 fully saturated rings. The van der Waals surface area contributed by atoms with Crippen LogP contribution in [-0.4, -0.2) is 19.0 Å². The molecule has 0 amide bonds. The van der Waals surface area contributed by atoms with Crippen LogP contribution >= 0.6 is 11.8 Å². The van der Waals surface area contributed by atoms with E-state index in [1.807, 2.05) is 50.2 Å². The van der Waals surface area contributed by atoms with Crippen molar-refractivity contribution in [1.29, 1.82) is 0 Å². The Bertz CT molecular complexity index is 587. The van der Waals surface area contributed by atoms with Crippen LogP contribution < -0.4 is 15.2 Å². The first-order chi connectivity index (χ1) is 10.2. The number of anilines is 1. The molecule has 0 radical (unpaired) electrons. The van der Waals surface area contributed by atoms with Crippen LogP contribution in [0.1, 0.15) is 12.5 Å². The number of thioether (sulfide) groups is 1. The van der Waals surface area contributed by atoms with Gasteiger partial charge in [-0.05, 0) is 49.7 Å². The van der Waals surface area contributed by atoms with Gasteiger partial charge in [0, 0.05) is 16.3 Å². The summed E-state index contributed by atoms with van der Waals surface area (Å²) in [7, 11) is 0. The number of nitrogens with two attached hydrogens (primary N) is 1. The van der Waals surface area contributed by atoms with Gasteiger partial charge in [-0.15, -0.1) is 11.8 Å². The van der Waals surface area contributed by atoms with Crippen LogP contribution in [0.5, 0.6) is 11.5 Å². The predicted molar refractivity (Wildman–Crippen MR) is 89.4 cm³/mol. The molecule has 0 bridgehead atoms. The van der Waals surface area contributed by atoms with Gasteiger partial charge in [0.1, 0.15) is 0 Å². The highest BCUT2D eigenvalue weighted by Gasteiger charge is 2.03. The van der Waals surface area contributed by atoms with E-state index < -0.39 is 0 Å². The number of rotatable bonds is 7. The van der Waals surface area contributed by atoms with E-state index in [9.17, 15) is 0 Å². The van der Waals surface area contributed by atoms with Crippen molar-refractivity contribution in [2.45, 2.75) is 18.7 Å². The molecule has 4 heteroatoms. The van der Waals surface area contributed by atoms with Crippen LogP contribution in [0.2, 0.25) is 0 Å². The topological polar surface area (TPSA) is 44.5 Å². The summed E-state index contributed by atoms with van der Waals surface area (Å²) < 4.78 is 11.3. The van der Waals surface area contributed by atoms with Gasteiger partial charge in [-0.1, -0.05) is 12.1 Å². The van der Waals surface area contributed by atoms with E-state index in [1.54, 1.807) is 11.8 Å². The first-order valence-corrected chi connectivity index (χ1v) is 8.03. The molecular weight excluding hydrogens is 282 g/mol. The van der Waals surface area contributed by atoms with Gasteiger partial charge in [0.25, 0.3) is 0 Å². The third-order valence-corrected chi connectivity index (χ3v) is 3.96. The van der Waals surface area contributed by atoms with E-state index in [1.165, 1.54) is 4.90 Å². The van der Waals surface area contributed by atoms with Gasteiger partial charge in [0.05, 0.1) is 13.2 Å². The van der Waals surface area contributed by atoms with Crippen LogP contribution in [-0.2, 0) is 0 Å². The monoisotopic (exact) mass is 303 g/mol. The zero-order valence-electron chi connectivity index (χ0n) is 12.5. The Morgan fingerprint density at radius 1 is 1.05 bits per heavy atom. The summed E-state index contributed by atoms with van der Waals surface area (Å²) in [6, 6.07) is 13.9. The maximum atomic E-state index is 5.82. The fraction of sp³-hybridized carbons (Fsp3) is 0.294. The second kappa shape index (κ2) is 7.84. The highest BCUT2D eigenvalue weighted by molar-refractivity contribution is 7.99. The molecular formula is C17H21NO2S. The highest BCUT2D eigenvalue weighted by atomic mass is 32.2. The molecule has 3 nitrogen and oxygen atoms in total. The van der Waals surface area contributed by atoms with Crippen LogP contribution in [0.3, 0.4) is 0 Å². The number of hydrogen-bond acceptors (Lipinski definition) is 4. The lowest BCUT2D eigenvalue weighted by Gasteiger charge is -2.11. The lowest BCUT2D eigenvalue weighted by atomic mass is 10.2. The zero-order valence-corrected chi connectivity index (χ0v) is 13.3. The number of nitrogen functional groups attached to an aromatic ring is 1. The van der Waals surface area contributed by atoms with Crippen LogP contribution in [0.15, 0.2) is 47.4 Å². The third-order valence-electron chi connectivity index (χ3n) is 3.00. The Labute approximate surface area is 130 Å². The van der Waals surface area contributed by atoms with Crippen LogP contribution in [0.4, 0.5) is 5.69 Å². The number of ether oxygens (including phenoxy) is 2. The molecule has 0 aromatic heterocycles. The minimum Gasteiger partial charge on any atom is -0.490 e. The fourth-order valence-electron chi connectivity index (χ4n) is 1.89. The summed E-state index contributed by atoms with van der Waals surface area (Å²) in [5, 5.41) is 0. The molecule has 0 heterocycles. The summed E-state index contributed by atoms with van der Waals surface area (Å²) >= 11 is 1.76. The van der Waals surface area contributed by atoms with Crippen molar-refractivity contribution in [2.24, 2.45) is 0 Å². The summed E-state index contributed by atoms with van der Waals surface area (Å²) in [5.74, 6) is 2.48. The maximum Gasteiger partial charge on any atom is 0.161 e. The number of hydrogen-bond donors (Lipinski definition) is 1. The number of para-hydroxylation sites is 2. The molecule has 0 aliphatic rings. The van der Waals surface area contributed by atoms with E-state index in [0.29, 0.717) is 13.2 Å². The first kappa shape index (κ1) is 15.6. The van der Waals surface area contributed by atoms with Crippen molar-refractivity contribution in [1.82, 2.24) is 0 Å². The molecule has 0 aliphatic heterocycles. The molecule has 0 unspecified atom stereocenters. The van der Waals surface area contributed by atoms with Crippen molar-refractivity contribution < 1.29 is 9.47 Å². The first-order valence-electron chi connectivity index (χ1n) is 7.04. The van der Waals surface area contributed by atoms with E-state index >= 15 is 0 Å². The average molecular weight is 303 g/mol. The van der Waals surface area contributed by atoms with Crippen molar-refractivity contribution in [3.05, 3.63) is 48.0 Å². The van der Waals surface area contributed by atoms with Crippen molar-refractivity contribution >= 4 is 17.4 Å². The molecule has 21 heavy (non-hydrogen) atoms. The minimum atomic E-state index is 0.637. The quantitative estimate of drug-likeness (QED) is 0.474. The normalized spacial score (nSPS) is 10.4. The molecule has 0 saturated heterocycles. The van der Waals surface area contributed by atoms with Crippen molar-refractivity contribution in [3.63, 3.8) is 0 Å². The Morgan fingerprint density at radius 2 is 1.76 bits per heavy atom. The molecule has 0 atom stereocenters. The maximum absolute atomic E-state index is 5.82. The van der Waals surface area contributed by atoms with E-state index in [0.717, 1.165) is 28.5 Å². The highest BCUT2D eigenvalue weighted by Crippen LogP contribution is 2.27. The predicted octanol–water partition coefficient (Wildman–Crippen LogP) is 4.15. The molecule has 0 aliphatic carbocycles. The molecule has 0 saturated carbocycles. The van der Waals surface area contributed by atoms with Gasteiger partial charge >= 0.3 is 0 Å². The Morgan fingerprint density at radius 3 is 2.43 bits per heavy atom. The van der Waals surface area contributed by atoms with Gasteiger partial charge in [-0.25, -0.2) is 0 Å². The van der Waals surface area contributed by atoms with E-state index in [-0.39, 0.29) is 0 Å². The van der Waals surface area contributed by atoms with E-state index in [2.05, 4.69) is 6.07 Å². The fourth-order valence-corrected chi connectivity index (χ4v) is 2.72. The second-order valence-electron chi connectivity index (χ2n) is 4.60. The number of aryl methyl sites for hydroxylation is 1. The van der Waals surface area contributed by atoms with Gasteiger partial charge in [-0.3, -0.25) is 0 Å². The Balaban J connectivity index is 1.83. The van der Waals surface area contributed by atoms with Crippen LogP contribution in [0.25, 0.3) is 0 Å². The summed E-state index contributed by atoms with van der Waals surface area (Å²) in [4.78, 5) is 1.21. The van der Waals surface area contributed by atoms with Gasteiger partial charge in [0.2, 0.25) is 0 Å². The average Bonchev–Trinajstić information content (AvgIpc) is 2.49. The molecule has 0 spiro atoms. The lowest BCUT2D eigenvalue weighted by molar-refractivity contribution is 0.289. The molecule has 2 N–H and O–H groups in total. The van der Waals surface area contributed by atoms with Crippen molar-refractivity contribution in [3.8, 4) is 11.5 Å². The van der Waals surface area contributed by atoms with Gasteiger partial charge < -0.3 is 15.2 Å². The SMILES string of the molecule is CCOc1ccccc1OCCSc1ccc(N)c(C)c1. The standard InChI is InChI=1S/C17H21NO2S/c1-3-19-16-6-4-5-7-17(16)20-10-11-21-14-8-9-15(18)13(2)12-14/h4-9,12H,3,10-11,18H2,1-2H3. The minimum absolute atomic E-state index is 0.637.